The quantitative estimate of drug-likeness (QED) is 0.332. The van der Waals surface area contributed by atoms with Gasteiger partial charge in [-0.1, -0.05) is 23.7 Å². The number of halogens is 1. The van der Waals surface area contributed by atoms with E-state index >= 15 is 0 Å². The second-order valence-corrected chi connectivity index (χ2v) is 6.89. The van der Waals surface area contributed by atoms with Crippen LogP contribution < -0.4 is 10.7 Å². The van der Waals surface area contributed by atoms with Crippen molar-refractivity contribution in [3.63, 3.8) is 0 Å². The van der Waals surface area contributed by atoms with E-state index in [0.29, 0.717) is 27.5 Å². The van der Waals surface area contributed by atoms with Gasteiger partial charge in [0.05, 0.1) is 21.9 Å². The highest BCUT2D eigenvalue weighted by Gasteiger charge is 2.14. The van der Waals surface area contributed by atoms with Gasteiger partial charge in [0, 0.05) is 22.7 Å². The van der Waals surface area contributed by atoms with Gasteiger partial charge in [0.25, 0.3) is 17.5 Å². The van der Waals surface area contributed by atoms with Crippen LogP contribution in [0.4, 0.5) is 11.4 Å². The minimum atomic E-state index is -0.520. The predicted molar refractivity (Wildman–Crippen MR) is 119 cm³/mol. The van der Waals surface area contributed by atoms with Crippen LogP contribution >= 0.6 is 11.6 Å². The van der Waals surface area contributed by atoms with Gasteiger partial charge < -0.3 is 5.32 Å². The van der Waals surface area contributed by atoms with Crippen molar-refractivity contribution in [2.24, 2.45) is 5.10 Å². The molecule has 9 heteroatoms. The third-order valence-corrected chi connectivity index (χ3v) is 4.60. The van der Waals surface area contributed by atoms with E-state index in [4.69, 9.17) is 11.6 Å². The zero-order chi connectivity index (χ0) is 22.4. The van der Waals surface area contributed by atoms with Crippen LogP contribution in [0.15, 0.2) is 77.9 Å². The molecule has 2 amide bonds. The van der Waals surface area contributed by atoms with E-state index in [9.17, 15) is 19.7 Å². The molecule has 0 heterocycles. The number of nitrogens with one attached hydrogen (secondary N) is 2. The van der Waals surface area contributed by atoms with Gasteiger partial charge in [0.15, 0.2) is 0 Å². The van der Waals surface area contributed by atoms with Crippen LogP contribution in [0.5, 0.6) is 0 Å². The van der Waals surface area contributed by atoms with E-state index in [2.05, 4.69) is 15.8 Å². The molecule has 0 aliphatic heterocycles. The molecule has 0 saturated heterocycles. The Morgan fingerprint density at radius 1 is 0.903 bits per heavy atom. The number of rotatable bonds is 6. The number of benzene rings is 3. The summed E-state index contributed by atoms with van der Waals surface area (Å²) in [7, 11) is 0. The number of hydrogen-bond acceptors (Lipinski definition) is 5. The second kappa shape index (κ2) is 9.64. The first-order valence-corrected chi connectivity index (χ1v) is 9.48. The Balaban J connectivity index is 1.73. The molecule has 3 aromatic carbocycles. The number of carbonyl (C=O) groups is 2. The molecule has 0 aromatic heterocycles. The molecule has 3 aromatic rings. The van der Waals surface area contributed by atoms with Gasteiger partial charge in [0.2, 0.25) is 0 Å². The van der Waals surface area contributed by atoms with Gasteiger partial charge >= 0.3 is 0 Å². The minimum absolute atomic E-state index is 0.0362. The first-order chi connectivity index (χ1) is 14.8. The lowest BCUT2D eigenvalue weighted by Gasteiger charge is -2.10. The van der Waals surface area contributed by atoms with E-state index in [1.807, 2.05) is 0 Å². The molecule has 0 atom stereocenters. The largest absolute Gasteiger partial charge is 0.321 e. The lowest BCUT2D eigenvalue weighted by atomic mass is 10.1. The van der Waals surface area contributed by atoms with Gasteiger partial charge in [-0.3, -0.25) is 19.7 Å². The molecule has 31 heavy (non-hydrogen) atoms. The van der Waals surface area contributed by atoms with Crippen molar-refractivity contribution < 1.29 is 14.5 Å². The van der Waals surface area contributed by atoms with Gasteiger partial charge in [-0.05, 0) is 61.0 Å². The van der Waals surface area contributed by atoms with Crippen LogP contribution in [0, 0.1) is 10.1 Å². The van der Waals surface area contributed by atoms with E-state index in [1.54, 1.807) is 67.6 Å². The van der Waals surface area contributed by atoms with Gasteiger partial charge in [-0.2, -0.15) is 5.10 Å². The van der Waals surface area contributed by atoms with Crippen LogP contribution in [0.25, 0.3) is 0 Å². The molecular formula is C22H17ClN4O4. The van der Waals surface area contributed by atoms with Crippen LogP contribution in [0.2, 0.25) is 5.02 Å². The van der Waals surface area contributed by atoms with E-state index in [1.165, 1.54) is 12.1 Å². The third-order valence-electron chi connectivity index (χ3n) is 4.35. The molecule has 0 radical (unpaired) electrons. The molecule has 0 saturated carbocycles. The SMILES string of the molecule is CC(=NNC(=O)c1ccccc1NC(=O)c1ccc(Cl)cc1)c1ccc([N+](=O)[O-])cc1. The number of nitro benzene ring substituents is 1. The molecule has 3 rings (SSSR count). The molecule has 8 nitrogen and oxygen atoms in total. The van der Waals surface area contributed by atoms with Gasteiger partial charge in [-0.15, -0.1) is 0 Å². The summed E-state index contributed by atoms with van der Waals surface area (Å²) in [6, 6.07) is 18.7. The maximum atomic E-state index is 12.6. The highest BCUT2D eigenvalue weighted by molar-refractivity contribution is 6.30. The van der Waals surface area contributed by atoms with Crippen molar-refractivity contribution in [2.75, 3.05) is 5.32 Å². The summed E-state index contributed by atoms with van der Waals surface area (Å²) in [6.45, 7) is 1.66. The number of para-hydroxylation sites is 1. The smallest absolute Gasteiger partial charge is 0.273 e. The fourth-order valence-corrected chi connectivity index (χ4v) is 2.80. The van der Waals surface area contributed by atoms with Crippen LogP contribution in [-0.2, 0) is 0 Å². The standard InChI is InChI=1S/C22H17ClN4O4/c1-14(15-8-12-18(13-9-15)27(30)31)25-26-22(29)19-4-2-3-5-20(19)24-21(28)16-6-10-17(23)11-7-16/h2-13H,1H3,(H,24,28)(H,26,29). The van der Waals surface area contributed by atoms with E-state index < -0.39 is 10.8 Å². The van der Waals surface area contributed by atoms with Crippen molar-refractivity contribution in [3.8, 4) is 0 Å². The van der Waals surface area contributed by atoms with Crippen molar-refractivity contribution in [3.05, 3.63) is 105 Å². The summed E-state index contributed by atoms with van der Waals surface area (Å²) in [4.78, 5) is 35.4. The molecule has 0 fully saturated rings. The minimum Gasteiger partial charge on any atom is -0.321 e. The Hall–Kier alpha value is -4.04. The average Bonchev–Trinajstić information content (AvgIpc) is 2.78. The normalized spacial score (nSPS) is 11.0. The van der Waals surface area contributed by atoms with Crippen LogP contribution in [0.1, 0.15) is 33.2 Å². The summed E-state index contributed by atoms with van der Waals surface area (Å²) < 4.78 is 0. The second-order valence-electron chi connectivity index (χ2n) is 6.45. The molecular weight excluding hydrogens is 420 g/mol. The molecule has 0 aliphatic carbocycles. The molecule has 0 bridgehead atoms. The topological polar surface area (TPSA) is 114 Å². The van der Waals surface area contributed by atoms with Crippen LogP contribution in [-0.4, -0.2) is 22.4 Å². The average molecular weight is 437 g/mol. The van der Waals surface area contributed by atoms with Crippen molar-refractivity contribution >= 4 is 40.5 Å². The Bertz CT molecular complexity index is 1160. The monoisotopic (exact) mass is 436 g/mol. The maximum Gasteiger partial charge on any atom is 0.273 e. The zero-order valence-corrected chi connectivity index (χ0v) is 17.1. The first-order valence-electron chi connectivity index (χ1n) is 9.10. The van der Waals surface area contributed by atoms with Gasteiger partial charge in [0.1, 0.15) is 0 Å². The van der Waals surface area contributed by atoms with Crippen molar-refractivity contribution in [2.45, 2.75) is 6.92 Å². The number of amides is 2. The summed E-state index contributed by atoms with van der Waals surface area (Å²) in [5.74, 6) is -0.907. The predicted octanol–water partition coefficient (Wildman–Crippen LogP) is 4.65. The Labute approximate surface area is 182 Å². The number of hydrogen-bond donors (Lipinski definition) is 2. The third kappa shape index (κ3) is 5.52. The highest BCUT2D eigenvalue weighted by atomic mass is 35.5. The fraction of sp³-hybridized carbons (Fsp3) is 0.0455. The van der Waals surface area contributed by atoms with E-state index in [-0.39, 0.29) is 17.2 Å². The lowest BCUT2D eigenvalue weighted by Crippen LogP contribution is -2.22. The number of nitro groups is 1. The van der Waals surface area contributed by atoms with Gasteiger partial charge in [-0.25, -0.2) is 5.43 Å². The lowest BCUT2D eigenvalue weighted by molar-refractivity contribution is -0.384. The van der Waals surface area contributed by atoms with Crippen LogP contribution in [0.3, 0.4) is 0 Å². The Kier molecular flexibility index (Phi) is 6.74. The van der Waals surface area contributed by atoms with E-state index in [0.717, 1.165) is 0 Å². The van der Waals surface area contributed by atoms with Crippen molar-refractivity contribution in [1.29, 1.82) is 0 Å². The number of nitrogens with zero attached hydrogens (tertiary/aromatic N) is 2. The maximum absolute atomic E-state index is 12.6. The molecule has 0 unspecified atom stereocenters. The summed E-state index contributed by atoms with van der Waals surface area (Å²) in [6.07, 6.45) is 0. The fourth-order valence-electron chi connectivity index (χ4n) is 2.67. The molecule has 0 spiro atoms. The summed E-state index contributed by atoms with van der Waals surface area (Å²) in [5, 5.41) is 18.0. The number of anilines is 1. The Morgan fingerprint density at radius 3 is 2.16 bits per heavy atom. The first kappa shape index (κ1) is 21.7. The highest BCUT2D eigenvalue weighted by Crippen LogP contribution is 2.18. The summed E-state index contributed by atoms with van der Waals surface area (Å²) >= 11 is 5.84. The molecule has 0 aliphatic rings. The molecule has 156 valence electrons. The zero-order valence-electron chi connectivity index (χ0n) is 16.3. The number of hydrazone groups is 1. The van der Waals surface area contributed by atoms with Crippen molar-refractivity contribution in [1.82, 2.24) is 5.43 Å². The summed E-state index contributed by atoms with van der Waals surface area (Å²) in [5.41, 5.74) is 4.43. The number of non-ortho nitro benzene ring substituents is 1. The number of carbonyl (C=O) groups excluding carboxylic acids is 2. The molecule has 2 N–H and O–H groups in total. The Morgan fingerprint density at radius 2 is 1.52 bits per heavy atom.